The first-order chi connectivity index (χ1) is 14.4. The summed E-state index contributed by atoms with van der Waals surface area (Å²) in [5.74, 6) is 0.0488. The van der Waals surface area contributed by atoms with Gasteiger partial charge in [-0.15, -0.1) is 24.2 Å². The summed E-state index contributed by atoms with van der Waals surface area (Å²) in [6.07, 6.45) is 0.121. The molecule has 0 saturated carbocycles. The van der Waals surface area contributed by atoms with Gasteiger partial charge in [-0.1, -0.05) is 13.0 Å². The van der Waals surface area contributed by atoms with Gasteiger partial charge in [0.25, 0.3) is 5.56 Å². The number of hydrogen-bond acceptors (Lipinski definition) is 7. The van der Waals surface area contributed by atoms with E-state index >= 15 is 0 Å². The number of hydrogen-bond donors (Lipinski definition) is 2. The third-order valence-electron chi connectivity index (χ3n) is 6.51. The van der Waals surface area contributed by atoms with E-state index in [-0.39, 0.29) is 37.0 Å². The van der Waals surface area contributed by atoms with Gasteiger partial charge in [0.05, 0.1) is 29.0 Å². The maximum Gasteiger partial charge on any atom is 0.343 e. The van der Waals surface area contributed by atoms with E-state index < -0.39 is 11.6 Å². The lowest BCUT2D eigenvalue weighted by Crippen LogP contribution is -2.44. The summed E-state index contributed by atoms with van der Waals surface area (Å²) >= 11 is 1.72. The summed E-state index contributed by atoms with van der Waals surface area (Å²) in [6, 6.07) is 7.60. The third kappa shape index (κ3) is 2.53. The minimum atomic E-state index is -1.82. The van der Waals surface area contributed by atoms with E-state index in [9.17, 15) is 14.7 Å². The van der Waals surface area contributed by atoms with Crippen molar-refractivity contribution in [2.75, 3.05) is 5.75 Å². The van der Waals surface area contributed by atoms with Crippen molar-refractivity contribution in [3.8, 4) is 11.4 Å². The van der Waals surface area contributed by atoms with Crippen LogP contribution in [0.5, 0.6) is 0 Å². The molecule has 0 radical (unpaired) electrons. The SMILES string of the molecule is CC[C@@]1(O)C(=O)OCc2c1cc1n(c2=O)Cc2c-1nc1cccc3c1c2C(N)CS3.Cl. The van der Waals surface area contributed by atoms with E-state index in [2.05, 4.69) is 6.07 Å². The molecule has 3 N–H and O–H groups in total. The number of aromatic nitrogens is 2. The number of carbonyl (C=O) groups is 1. The first-order valence-electron chi connectivity index (χ1n) is 9.95. The Morgan fingerprint density at radius 2 is 2.16 bits per heavy atom. The van der Waals surface area contributed by atoms with E-state index in [0.717, 1.165) is 32.7 Å². The number of rotatable bonds is 1. The highest BCUT2D eigenvalue weighted by molar-refractivity contribution is 7.99. The Hall–Kier alpha value is -2.39. The zero-order valence-corrected chi connectivity index (χ0v) is 18.3. The number of nitrogens with zero attached hydrogens (tertiary/aromatic N) is 2. The predicted octanol–water partition coefficient (Wildman–Crippen LogP) is 2.61. The summed E-state index contributed by atoms with van der Waals surface area (Å²) < 4.78 is 6.80. The summed E-state index contributed by atoms with van der Waals surface area (Å²) in [6.45, 7) is 1.94. The molecule has 0 fully saturated rings. The zero-order valence-electron chi connectivity index (χ0n) is 16.7. The maximum atomic E-state index is 13.3. The number of halogens is 1. The summed E-state index contributed by atoms with van der Waals surface area (Å²) in [5, 5.41) is 12.1. The highest BCUT2D eigenvalue weighted by Crippen LogP contribution is 2.46. The molecule has 2 aromatic heterocycles. The van der Waals surface area contributed by atoms with Crippen LogP contribution >= 0.6 is 24.2 Å². The molecule has 5 heterocycles. The van der Waals surface area contributed by atoms with Gasteiger partial charge in [-0.05, 0) is 30.2 Å². The Balaban J connectivity index is 0.00000204. The van der Waals surface area contributed by atoms with Crippen molar-refractivity contribution in [1.29, 1.82) is 0 Å². The molecule has 0 spiro atoms. The number of aliphatic hydroxyl groups is 1. The van der Waals surface area contributed by atoms with Crippen molar-refractivity contribution in [2.24, 2.45) is 5.73 Å². The van der Waals surface area contributed by atoms with Gasteiger partial charge >= 0.3 is 5.97 Å². The highest BCUT2D eigenvalue weighted by Gasteiger charge is 2.45. The molecule has 7 nitrogen and oxygen atoms in total. The van der Waals surface area contributed by atoms with Gasteiger partial charge < -0.3 is 20.1 Å². The first kappa shape index (κ1) is 20.5. The molecule has 0 saturated heterocycles. The van der Waals surface area contributed by atoms with E-state index in [1.165, 1.54) is 0 Å². The van der Waals surface area contributed by atoms with Crippen molar-refractivity contribution in [3.63, 3.8) is 0 Å². The van der Waals surface area contributed by atoms with E-state index in [4.69, 9.17) is 15.5 Å². The second kappa shape index (κ2) is 6.80. The van der Waals surface area contributed by atoms with Crippen LogP contribution in [-0.4, -0.2) is 26.4 Å². The van der Waals surface area contributed by atoms with Crippen molar-refractivity contribution >= 4 is 41.0 Å². The molecule has 9 heteroatoms. The zero-order chi connectivity index (χ0) is 20.8. The Bertz CT molecular complexity index is 1360. The fourth-order valence-electron chi connectivity index (χ4n) is 4.92. The van der Waals surface area contributed by atoms with Crippen LogP contribution in [-0.2, 0) is 28.3 Å². The molecule has 0 aliphatic carbocycles. The molecule has 31 heavy (non-hydrogen) atoms. The van der Waals surface area contributed by atoms with Crippen LogP contribution in [0.3, 0.4) is 0 Å². The molecular weight excluding hydrogens is 438 g/mol. The van der Waals surface area contributed by atoms with Crippen LogP contribution in [0.15, 0.2) is 34.0 Å². The van der Waals surface area contributed by atoms with Crippen molar-refractivity contribution in [2.45, 2.75) is 43.0 Å². The molecule has 3 aromatic rings. The van der Waals surface area contributed by atoms with E-state index in [1.807, 2.05) is 12.1 Å². The van der Waals surface area contributed by atoms with Crippen LogP contribution in [0, 0.1) is 0 Å². The monoisotopic (exact) mass is 457 g/mol. The summed E-state index contributed by atoms with van der Waals surface area (Å²) in [7, 11) is 0. The van der Waals surface area contributed by atoms with Crippen molar-refractivity contribution in [3.05, 3.63) is 56.9 Å². The number of nitrogens with two attached hydrogens (primary N) is 1. The topological polar surface area (TPSA) is 107 Å². The average molecular weight is 458 g/mol. The summed E-state index contributed by atoms with van der Waals surface area (Å²) in [5.41, 5.74) is 9.25. The number of carbonyl (C=O) groups excluding carboxylic acids is 1. The number of pyridine rings is 2. The second-order valence-electron chi connectivity index (χ2n) is 8.02. The number of thioether (sulfide) groups is 1. The number of esters is 1. The fourth-order valence-corrected chi connectivity index (χ4v) is 5.98. The lowest BCUT2D eigenvalue weighted by molar-refractivity contribution is -0.172. The Kier molecular flexibility index (Phi) is 4.50. The van der Waals surface area contributed by atoms with Crippen molar-refractivity contribution < 1.29 is 14.6 Å². The number of cyclic esters (lactones) is 1. The minimum absolute atomic E-state index is 0. The van der Waals surface area contributed by atoms with Gasteiger partial charge in [-0.3, -0.25) is 4.79 Å². The van der Waals surface area contributed by atoms with Gasteiger partial charge in [-0.25, -0.2) is 9.78 Å². The lowest BCUT2D eigenvalue weighted by atomic mass is 9.86. The van der Waals surface area contributed by atoms with Crippen LogP contribution < -0.4 is 11.3 Å². The van der Waals surface area contributed by atoms with Gasteiger partial charge in [0.15, 0.2) is 5.60 Å². The Labute approximate surface area is 188 Å². The molecule has 2 atom stereocenters. The third-order valence-corrected chi connectivity index (χ3v) is 7.68. The highest BCUT2D eigenvalue weighted by atomic mass is 35.5. The van der Waals surface area contributed by atoms with Gasteiger partial charge in [0.2, 0.25) is 0 Å². The second-order valence-corrected chi connectivity index (χ2v) is 9.09. The Morgan fingerprint density at radius 1 is 1.35 bits per heavy atom. The molecule has 1 aromatic carbocycles. The maximum absolute atomic E-state index is 13.3. The molecule has 3 aliphatic heterocycles. The standard InChI is InChI=1S/C22H19N3O4S.ClH/c1-2-22(28)12-6-15-19-10(7-25(15)20(26)11(12)8-29-21(22)27)17-13(23)9-30-16-5-3-4-14(24-19)18(16)17;/h3-6,13,28H,2,7-9,23H2,1H3;1H/t13?,22-;/m0./s1. The van der Waals surface area contributed by atoms with E-state index in [0.29, 0.717) is 29.1 Å². The fraction of sp³-hybridized carbons (Fsp3) is 0.318. The molecule has 0 bridgehead atoms. The number of fused-ring (bicyclic) bond motifs is 5. The largest absolute Gasteiger partial charge is 0.458 e. The minimum Gasteiger partial charge on any atom is -0.458 e. The average Bonchev–Trinajstić information content (AvgIpc) is 3.12. The predicted molar refractivity (Wildman–Crippen MR) is 119 cm³/mol. The van der Waals surface area contributed by atoms with Crippen molar-refractivity contribution in [1.82, 2.24) is 9.55 Å². The molecule has 160 valence electrons. The van der Waals surface area contributed by atoms with E-state index in [1.54, 1.807) is 29.3 Å². The summed E-state index contributed by atoms with van der Waals surface area (Å²) in [4.78, 5) is 31.7. The number of ether oxygens (including phenoxy) is 1. The molecule has 1 unspecified atom stereocenters. The number of benzene rings is 1. The molecule has 0 amide bonds. The Morgan fingerprint density at radius 3 is 2.94 bits per heavy atom. The van der Waals surface area contributed by atoms with Crippen LogP contribution in [0.2, 0.25) is 0 Å². The van der Waals surface area contributed by atoms with Gasteiger partial charge in [0.1, 0.15) is 6.61 Å². The van der Waals surface area contributed by atoms with Crippen LogP contribution in [0.25, 0.3) is 22.3 Å². The molecular formula is C22H20ClN3O4S. The first-order valence-corrected chi connectivity index (χ1v) is 10.9. The normalized spacial score (nSPS) is 22.9. The quantitative estimate of drug-likeness (QED) is 0.423. The van der Waals surface area contributed by atoms with Crippen LogP contribution in [0.1, 0.15) is 41.6 Å². The van der Waals surface area contributed by atoms with Gasteiger partial charge in [0, 0.05) is 33.2 Å². The lowest BCUT2D eigenvalue weighted by Gasteiger charge is -2.31. The van der Waals surface area contributed by atoms with Gasteiger partial charge in [-0.2, -0.15) is 0 Å². The smallest absolute Gasteiger partial charge is 0.343 e. The molecule has 3 aliphatic rings. The molecule has 6 rings (SSSR count). The van der Waals surface area contributed by atoms with Crippen LogP contribution in [0.4, 0.5) is 0 Å².